The van der Waals surface area contributed by atoms with E-state index in [2.05, 4.69) is 26.6 Å². The van der Waals surface area contributed by atoms with Crippen molar-refractivity contribution in [2.75, 3.05) is 11.9 Å². The van der Waals surface area contributed by atoms with Crippen LogP contribution in [-0.2, 0) is 4.79 Å². The van der Waals surface area contributed by atoms with Gasteiger partial charge in [0, 0.05) is 22.6 Å². The van der Waals surface area contributed by atoms with Gasteiger partial charge in [0.15, 0.2) is 0 Å². The van der Waals surface area contributed by atoms with E-state index in [9.17, 15) is 4.79 Å². The Bertz CT molecular complexity index is 437. The van der Waals surface area contributed by atoms with Gasteiger partial charge in [0.05, 0.1) is 5.02 Å². The summed E-state index contributed by atoms with van der Waals surface area (Å²) < 4.78 is 0.791. The van der Waals surface area contributed by atoms with Gasteiger partial charge in [-0.05, 0) is 59.9 Å². The van der Waals surface area contributed by atoms with Crippen molar-refractivity contribution in [2.24, 2.45) is 0 Å². The number of halogens is 3. The van der Waals surface area contributed by atoms with Crippen LogP contribution in [-0.4, -0.2) is 18.5 Å². The lowest BCUT2D eigenvalue weighted by molar-refractivity contribution is -0.116. The van der Waals surface area contributed by atoms with E-state index in [1.165, 1.54) is 12.8 Å². The molecule has 1 amide bonds. The minimum Gasteiger partial charge on any atom is -0.326 e. The number of rotatable bonds is 4. The maximum absolute atomic E-state index is 11.8. The average Bonchev–Trinajstić information content (AvgIpc) is 2.84. The van der Waals surface area contributed by atoms with Crippen LogP contribution < -0.4 is 10.6 Å². The van der Waals surface area contributed by atoms with E-state index < -0.39 is 0 Å². The van der Waals surface area contributed by atoms with Crippen LogP contribution in [0, 0.1) is 0 Å². The second-order valence-corrected chi connectivity index (χ2v) is 5.77. The van der Waals surface area contributed by atoms with Crippen molar-refractivity contribution in [3.63, 3.8) is 0 Å². The number of carbonyl (C=O) groups excluding carboxylic acids is 1. The molecule has 2 N–H and O–H groups in total. The number of hydrogen-bond acceptors (Lipinski definition) is 2. The molecule has 1 aliphatic rings. The molecule has 106 valence electrons. The van der Waals surface area contributed by atoms with Crippen LogP contribution in [0.1, 0.15) is 25.7 Å². The Morgan fingerprint density at radius 1 is 1.53 bits per heavy atom. The van der Waals surface area contributed by atoms with Gasteiger partial charge in [0.2, 0.25) is 5.91 Å². The van der Waals surface area contributed by atoms with Gasteiger partial charge in [0.25, 0.3) is 0 Å². The number of anilines is 1. The Balaban J connectivity index is 0.00000180. The van der Waals surface area contributed by atoms with Gasteiger partial charge >= 0.3 is 0 Å². The van der Waals surface area contributed by atoms with Crippen molar-refractivity contribution in [3.8, 4) is 0 Å². The first-order valence-electron chi connectivity index (χ1n) is 6.13. The maximum Gasteiger partial charge on any atom is 0.224 e. The molecule has 0 radical (unpaired) electrons. The molecule has 3 nitrogen and oxygen atoms in total. The lowest BCUT2D eigenvalue weighted by Crippen LogP contribution is -2.23. The monoisotopic (exact) mass is 366 g/mol. The fraction of sp³-hybridized carbons (Fsp3) is 0.462. The molecule has 0 aliphatic carbocycles. The van der Waals surface area contributed by atoms with Crippen LogP contribution in [0.4, 0.5) is 5.69 Å². The van der Waals surface area contributed by atoms with E-state index in [1.54, 1.807) is 12.1 Å². The van der Waals surface area contributed by atoms with Gasteiger partial charge in [-0.25, -0.2) is 0 Å². The van der Waals surface area contributed by atoms with Crippen molar-refractivity contribution in [2.45, 2.75) is 31.7 Å². The van der Waals surface area contributed by atoms with Crippen LogP contribution in [0.5, 0.6) is 0 Å². The fourth-order valence-corrected chi connectivity index (χ4v) is 2.60. The summed E-state index contributed by atoms with van der Waals surface area (Å²) in [5.41, 5.74) is 0.774. The predicted octanol–water partition coefficient (Wildman–Crippen LogP) is 4.00. The zero-order valence-corrected chi connectivity index (χ0v) is 13.6. The molecule has 1 heterocycles. The van der Waals surface area contributed by atoms with E-state index in [0.29, 0.717) is 17.5 Å². The molecule has 1 fully saturated rings. The third kappa shape index (κ3) is 5.30. The molecule has 1 aromatic rings. The maximum atomic E-state index is 11.8. The molecule has 2 rings (SSSR count). The molecule has 1 aromatic carbocycles. The van der Waals surface area contributed by atoms with Gasteiger partial charge in [0.1, 0.15) is 0 Å². The molecule has 6 heteroatoms. The quantitative estimate of drug-likeness (QED) is 0.844. The van der Waals surface area contributed by atoms with Gasteiger partial charge in [-0.2, -0.15) is 0 Å². The van der Waals surface area contributed by atoms with Gasteiger partial charge in [-0.15, -0.1) is 12.4 Å². The van der Waals surface area contributed by atoms with E-state index in [4.69, 9.17) is 11.6 Å². The summed E-state index contributed by atoms with van der Waals surface area (Å²) in [5.74, 6) is 0.0536. The van der Waals surface area contributed by atoms with Crippen molar-refractivity contribution >= 4 is 51.5 Å². The fourth-order valence-electron chi connectivity index (χ4n) is 2.11. The molecular formula is C13H17BrCl2N2O. The Labute approximate surface area is 133 Å². The SMILES string of the molecule is Cl.O=C(CCC1CCCN1)Nc1ccc(Cl)c(Br)c1. The lowest BCUT2D eigenvalue weighted by Gasteiger charge is -2.10. The third-order valence-electron chi connectivity index (χ3n) is 3.09. The highest BCUT2D eigenvalue weighted by atomic mass is 79.9. The number of amides is 1. The molecule has 0 aromatic heterocycles. The summed E-state index contributed by atoms with van der Waals surface area (Å²) >= 11 is 9.23. The first-order chi connectivity index (χ1) is 8.65. The van der Waals surface area contributed by atoms with Crippen molar-refractivity contribution in [1.82, 2.24) is 5.32 Å². The highest BCUT2D eigenvalue weighted by Crippen LogP contribution is 2.25. The molecule has 0 bridgehead atoms. The van der Waals surface area contributed by atoms with E-state index in [0.717, 1.165) is 23.1 Å². The number of benzene rings is 1. The molecule has 1 atom stereocenters. The molecule has 19 heavy (non-hydrogen) atoms. The van der Waals surface area contributed by atoms with E-state index >= 15 is 0 Å². The molecule has 1 unspecified atom stereocenters. The molecule has 1 aliphatic heterocycles. The Hall–Kier alpha value is -0.290. The average molecular weight is 368 g/mol. The number of carbonyl (C=O) groups is 1. The van der Waals surface area contributed by atoms with Crippen LogP contribution in [0.2, 0.25) is 5.02 Å². The second-order valence-electron chi connectivity index (χ2n) is 4.51. The van der Waals surface area contributed by atoms with Crippen molar-refractivity contribution in [3.05, 3.63) is 27.7 Å². The van der Waals surface area contributed by atoms with E-state index in [1.807, 2.05) is 6.07 Å². The van der Waals surface area contributed by atoms with Gasteiger partial charge in [-0.1, -0.05) is 11.6 Å². The zero-order chi connectivity index (χ0) is 13.0. The van der Waals surface area contributed by atoms with Crippen LogP contribution in [0.3, 0.4) is 0 Å². The lowest BCUT2D eigenvalue weighted by atomic mass is 10.1. The minimum absolute atomic E-state index is 0. The summed E-state index contributed by atoms with van der Waals surface area (Å²) in [6.45, 7) is 1.08. The largest absolute Gasteiger partial charge is 0.326 e. The van der Waals surface area contributed by atoms with Crippen LogP contribution in [0.25, 0.3) is 0 Å². The highest BCUT2D eigenvalue weighted by Gasteiger charge is 2.15. The first kappa shape index (κ1) is 16.8. The molecule has 1 saturated heterocycles. The second kappa shape index (κ2) is 8.10. The van der Waals surface area contributed by atoms with Crippen molar-refractivity contribution < 1.29 is 4.79 Å². The van der Waals surface area contributed by atoms with Gasteiger partial charge in [-0.3, -0.25) is 4.79 Å². The van der Waals surface area contributed by atoms with Gasteiger partial charge < -0.3 is 10.6 Å². The van der Waals surface area contributed by atoms with Crippen molar-refractivity contribution in [1.29, 1.82) is 0 Å². The minimum atomic E-state index is 0. The summed E-state index contributed by atoms with van der Waals surface area (Å²) in [4.78, 5) is 11.8. The summed E-state index contributed by atoms with van der Waals surface area (Å²) in [6, 6.07) is 5.89. The first-order valence-corrected chi connectivity index (χ1v) is 7.30. The Morgan fingerprint density at radius 2 is 2.32 bits per heavy atom. The summed E-state index contributed by atoms with van der Waals surface area (Å²) in [6.07, 6.45) is 3.86. The normalized spacial score (nSPS) is 17.9. The van der Waals surface area contributed by atoms with Crippen LogP contribution in [0.15, 0.2) is 22.7 Å². The summed E-state index contributed by atoms with van der Waals surface area (Å²) in [5, 5.41) is 6.91. The molecule has 0 spiro atoms. The predicted molar refractivity (Wildman–Crippen MR) is 85.3 cm³/mol. The topological polar surface area (TPSA) is 41.1 Å². The Morgan fingerprint density at radius 3 is 2.95 bits per heavy atom. The zero-order valence-electron chi connectivity index (χ0n) is 10.4. The third-order valence-corrected chi connectivity index (χ3v) is 4.30. The molecular weight excluding hydrogens is 351 g/mol. The number of nitrogens with one attached hydrogen (secondary N) is 2. The smallest absolute Gasteiger partial charge is 0.224 e. The standard InChI is InChI=1S/C13H16BrClN2O.ClH/c14-11-8-10(3-5-12(11)15)17-13(18)6-4-9-2-1-7-16-9;/h3,5,8-9,16H,1-2,4,6-7H2,(H,17,18);1H. The van der Waals surface area contributed by atoms with Crippen LogP contribution >= 0.6 is 39.9 Å². The Kier molecular flexibility index (Phi) is 7.15. The van der Waals surface area contributed by atoms with E-state index in [-0.39, 0.29) is 18.3 Å². The number of hydrogen-bond donors (Lipinski definition) is 2. The highest BCUT2D eigenvalue weighted by molar-refractivity contribution is 9.10. The summed E-state index contributed by atoms with van der Waals surface area (Å²) in [7, 11) is 0. The molecule has 0 saturated carbocycles.